The molecule has 0 aliphatic rings. The minimum Gasteiger partial charge on any atom is -0.336 e. The molecule has 1 atom stereocenters. The Bertz CT molecular complexity index is 302. The van der Waals surface area contributed by atoms with Crippen LogP contribution in [0.15, 0.2) is 11.3 Å². The van der Waals surface area contributed by atoms with E-state index in [0.717, 1.165) is 0 Å². The molecule has 0 fully saturated rings. The van der Waals surface area contributed by atoms with E-state index in [9.17, 15) is 0 Å². The monoisotopic (exact) mass is 299 g/mol. The molecule has 0 aromatic rings. The van der Waals surface area contributed by atoms with E-state index in [0.29, 0.717) is 5.04 Å². The molecule has 1 nitrogen and oxygen atoms in total. The Morgan fingerprint density at radius 2 is 1.63 bits per heavy atom. The van der Waals surface area contributed by atoms with Crippen molar-refractivity contribution in [3.63, 3.8) is 0 Å². The van der Waals surface area contributed by atoms with E-state index in [4.69, 9.17) is 0 Å². The number of hydrogen-bond donors (Lipinski definition) is 1. The van der Waals surface area contributed by atoms with Crippen molar-refractivity contribution in [2.45, 2.75) is 85.5 Å². The fourth-order valence-electron chi connectivity index (χ4n) is 3.05. The lowest BCUT2D eigenvalue weighted by atomic mass is 10.2. The molecule has 0 aromatic heterocycles. The Hall–Kier alpha value is 0.134. The highest BCUT2D eigenvalue weighted by atomic mass is 29.3. The van der Waals surface area contributed by atoms with Crippen LogP contribution in [0.3, 0.4) is 0 Å². The van der Waals surface area contributed by atoms with E-state index < -0.39 is 15.3 Å². The zero-order valence-electron chi connectivity index (χ0n) is 14.9. The third-order valence-corrected chi connectivity index (χ3v) is 26.1. The highest BCUT2D eigenvalue weighted by Crippen LogP contribution is 2.45. The van der Waals surface area contributed by atoms with E-state index in [-0.39, 0.29) is 0 Å². The van der Waals surface area contributed by atoms with Gasteiger partial charge in [-0.15, -0.1) is 0 Å². The minimum atomic E-state index is -1.53. The summed E-state index contributed by atoms with van der Waals surface area (Å²) in [4.78, 5) is 4.11. The van der Waals surface area contributed by atoms with Crippen LogP contribution >= 0.6 is 0 Å². The molecule has 114 valence electrons. The van der Waals surface area contributed by atoms with Crippen molar-refractivity contribution in [1.29, 1.82) is 0 Å². The van der Waals surface area contributed by atoms with Gasteiger partial charge in [0.05, 0.1) is 7.59 Å². The van der Waals surface area contributed by atoms with E-state index in [1.54, 1.807) is 5.20 Å². The minimum absolute atomic E-state index is 0.458. The smallest absolute Gasteiger partial charge is 0.142 e. The Balaban J connectivity index is 5.82. The lowest BCUT2D eigenvalue weighted by molar-refractivity contribution is 0.725. The summed E-state index contributed by atoms with van der Waals surface area (Å²) in [5.41, 5.74) is 0. The molecule has 0 aromatic carbocycles. The third kappa shape index (κ3) is 3.82. The second kappa shape index (κ2) is 7.23. The first-order valence-corrected chi connectivity index (χ1v) is 14.2. The topological polar surface area (TPSA) is 12.0 Å². The molecule has 0 saturated carbocycles. The van der Waals surface area contributed by atoms with Crippen LogP contribution in [0.4, 0.5) is 0 Å². The van der Waals surface area contributed by atoms with E-state index in [1.165, 1.54) is 25.4 Å². The maximum Gasteiger partial charge on any atom is 0.142 e. The summed E-state index contributed by atoms with van der Waals surface area (Å²) in [6.07, 6.45) is 4.94. The van der Waals surface area contributed by atoms with Crippen LogP contribution in [0, 0.1) is 0 Å². The van der Waals surface area contributed by atoms with Crippen molar-refractivity contribution in [1.82, 2.24) is 4.98 Å². The average molecular weight is 300 g/mol. The first-order valence-electron chi connectivity index (χ1n) is 7.99. The number of hydrogen-bond acceptors (Lipinski definition) is 1. The van der Waals surface area contributed by atoms with Crippen LogP contribution in [0.5, 0.6) is 0 Å². The molecule has 1 N–H and O–H groups in total. The fraction of sp³-hybridized carbons (Fsp3) is 0.875. The molecule has 0 heterocycles. The number of nitrogens with one attached hydrogen (secondary N) is 1. The summed E-state index contributed by atoms with van der Waals surface area (Å²) in [7, 11) is -2.90. The van der Waals surface area contributed by atoms with Gasteiger partial charge in [0, 0.05) is 0 Å². The predicted octanol–water partition coefficient (Wildman–Crippen LogP) is 5.43. The van der Waals surface area contributed by atoms with Crippen molar-refractivity contribution in [3.8, 4) is 0 Å². The van der Waals surface area contributed by atoms with Crippen LogP contribution in [0.2, 0.25) is 24.2 Å². The van der Waals surface area contributed by atoms with Crippen molar-refractivity contribution >= 4 is 15.3 Å². The SMILES string of the molecule is C/C=C(\C)[Si](CCC)(NCCC)[Si](C)(C)C(C)(C)C. The van der Waals surface area contributed by atoms with Crippen LogP contribution < -0.4 is 4.98 Å². The standard InChI is InChI=1S/C16H37NSi2/c1-10-13-17-19(14-11-2,15(4)12-3)18(8,9)16(5,6)7/h12,17H,10-11,13-14H2,1-9H3/b15-12+. The van der Waals surface area contributed by atoms with Gasteiger partial charge in [0.2, 0.25) is 0 Å². The maximum absolute atomic E-state index is 4.11. The van der Waals surface area contributed by atoms with E-state index in [2.05, 4.69) is 72.6 Å². The molecule has 0 amide bonds. The molecule has 0 aliphatic heterocycles. The molecular weight excluding hydrogens is 262 g/mol. The first-order chi connectivity index (χ1) is 8.60. The van der Waals surface area contributed by atoms with Crippen LogP contribution in [0.25, 0.3) is 0 Å². The fourth-order valence-corrected chi connectivity index (χ4v) is 20.7. The van der Waals surface area contributed by atoms with Crippen molar-refractivity contribution < 1.29 is 0 Å². The molecule has 0 aliphatic carbocycles. The molecule has 19 heavy (non-hydrogen) atoms. The Labute approximate surface area is 124 Å². The van der Waals surface area contributed by atoms with Gasteiger partial charge >= 0.3 is 0 Å². The summed E-state index contributed by atoms with van der Waals surface area (Å²) in [5, 5.41) is 2.15. The highest BCUT2D eigenvalue weighted by Gasteiger charge is 2.54. The molecule has 0 saturated heterocycles. The maximum atomic E-state index is 4.11. The van der Waals surface area contributed by atoms with Gasteiger partial charge in [-0.3, -0.25) is 0 Å². The predicted molar refractivity (Wildman–Crippen MR) is 95.8 cm³/mol. The summed E-state index contributed by atoms with van der Waals surface area (Å²) in [5.74, 6) is 0. The second-order valence-electron chi connectivity index (χ2n) is 7.43. The average Bonchev–Trinajstić information content (AvgIpc) is 2.31. The lowest BCUT2D eigenvalue weighted by Gasteiger charge is -2.52. The summed E-state index contributed by atoms with van der Waals surface area (Å²) < 4.78 is 0. The molecule has 1 unspecified atom stereocenters. The van der Waals surface area contributed by atoms with Crippen molar-refractivity contribution in [3.05, 3.63) is 11.3 Å². The summed E-state index contributed by atoms with van der Waals surface area (Å²) in [6, 6.07) is 1.40. The molecule has 3 heteroatoms. The second-order valence-corrected chi connectivity index (χ2v) is 21.9. The van der Waals surface area contributed by atoms with Crippen molar-refractivity contribution in [2.75, 3.05) is 6.54 Å². The Morgan fingerprint density at radius 3 is 1.95 bits per heavy atom. The Kier molecular flexibility index (Phi) is 7.28. The molecular formula is C16H37NSi2. The Morgan fingerprint density at radius 1 is 1.11 bits per heavy atom. The van der Waals surface area contributed by atoms with Gasteiger partial charge in [0.1, 0.15) is 7.75 Å². The third-order valence-electron chi connectivity index (χ3n) is 5.35. The van der Waals surface area contributed by atoms with Gasteiger partial charge in [-0.1, -0.05) is 65.4 Å². The largest absolute Gasteiger partial charge is 0.336 e. The number of rotatable bonds is 7. The van der Waals surface area contributed by atoms with Crippen LogP contribution in [0.1, 0.15) is 61.3 Å². The summed E-state index contributed by atoms with van der Waals surface area (Å²) in [6.45, 7) is 23.1. The van der Waals surface area contributed by atoms with Gasteiger partial charge < -0.3 is 4.98 Å². The zero-order chi connectivity index (χ0) is 15.3. The van der Waals surface area contributed by atoms with E-state index >= 15 is 0 Å². The van der Waals surface area contributed by atoms with Gasteiger partial charge in [-0.25, -0.2) is 0 Å². The van der Waals surface area contributed by atoms with Crippen LogP contribution in [-0.4, -0.2) is 21.9 Å². The zero-order valence-corrected chi connectivity index (χ0v) is 16.9. The van der Waals surface area contributed by atoms with Crippen LogP contribution in [-0.2, 0) is 0 Å². The normalized spacial score (nSPS) is 17.4. The van der Waals surface area contributed by atoms with Gasteiger partial charge in [-0.05, 0) is 37.9 Å². The van der Waals surface area contributed by atoms with Crippen molar-refractivity contribution in [2.24, 2.45) is 0 Å². The lowest BCUT2D eigenvalue weighted by Crippen LogP contribution is -2.73. The highest BCUT2D eigenvalue weighted by molar-refractivity contribution is 7.44. The molecule has 0 rings (SSSR count). The van der Waals surface area contributed by atoms with Gasteiger partial charge in [0.25, 0.3) is 0 Å². The molecule has 0 bridgehead atoms. The van der Waals surface area contributed by atoms with Gasteiger partial charge in [0.15, 0.2) is 0 Å². The summed E-state index contributed by atoms with van der Waals surface area (Å²) >= 11 is 0. The first kappa shape index (κ1) is 19.1. The number of allylic oxidation sites excluding steroid dienone is 2. The van der Waals surface area contributed by atoms with Gasteiger partial charge in [-0.2, -0.15) is 0 Å². The molecule has 0 radical (unpaired) electrons. The quantitative estimate of drug-likeness (QED) is 0.618. The molecule has 0 spiro atoms. The van der Waals surface area contributed by atoms with E-state index in [1.807, 2.05) is 0 Å².